The van der Waals surface area contributed by atoms with Crippen LogP contribution in [0.3, 0.4) is 0 Å². The summed E-state index contributed by atoms with van der Waals surface area (Å²) in [6, 6.07) is 11.8. The molecule has 0 aliphatic rings. The van der Waals surface area contributed by atoms with Gasteiger partial charge in [-0.05, 0) is 42.8 Å². The highest BCUT2D eigenvalue weighted by molar-refractivity contribution is 9.10. The third kappa shape index (κ3) is 5.62. The zero-order chi connectivity index (χ0) is 20.9. The smallest absolute Gasteiger partial charge is 0.241 e. The SMILES string of the molecule is COc1ccc(C(C)NC(=O)CN(c2cccc(Br)c2)S(C)(=O)=O)cc1OC. The normalized spacial score (nSPS) is 12.2. The summed E-state index contributed by atoms with van der Waals surface area (Å²) in [7, 11) is -0.554. The predicted molar refractivity (Wildman–Crippen MR) is 112 cm³/mol. The number of carbonyl (C=O) groups is 1. The molecule has 1 atom stereocenters. The number of hydrogen-bond acceptors (Lipinski definition) is 5. The van der Waals surface area contributed by atoms with Crippen LogP contribution in [0.25, 0.3) is 0 Å². The van der Waals surface area contributed by atoms with Crippen molar-refractivity contribution in [3.63, 3.8) is 0 Å². The fraction of sp³-hybridized carbons (Fsp3) is 0.316. The topological polar surface area (TPSA) is 84.9 Å². The van der Waals surface area contributed by atoms with E-state index in [2.05, 4.69) is 21.2 Å². The Balaban J connectivity index is 2.16. The maximum absolute atomic E-state index is 12.5. The van der Waals surface area contributed by atoms with Gasteiger partial charge in [-0.25, -0.2) is 8.42 Å². The molecule has 0 bridgehead atoms. The molecular formula is C19H23BrN2O5S. The van der Waals surface area contributed by atoms with Crippen LogP contribution in [-0.4, -0.2) is 41.3 Å². The van der Waals surface area contributed by atoms with Gasteiger partial charge in [0.1, 0.15) is 6.54 Å². The van der Waals surface area contributed by atoms with Crippen LogP contribution in [0.15, 0.2) is 46.9 Å². The average Bonchev–Trinajstić information content (AvgIpc) is 2.64. The minimum absolute atomic E-state index is 0.326. The number of nitrogens with one attached hydrogen (secondary N) is 1. The van der Waals surface area contributed by atoms with Crippen LogP contribution in [0.4, 0.5) is 5.69 Å². The summed E-state index contributed by atoms with van der Waals surface area (Å²) < 4.78 is 36.7. The summed E-state index contributed by atoms with van der Waals surface area (Å²) in [6.07, 6.45) is 1.07. The molecule has 0 saturated heterocycles. The Morgan fingerprint density at radius 1 is 1.14 bits per heavy atom. The zero-order valence-electron chi connectivity index (χ0n) is 16.1. The largest absolute Gasteiger partial charge is 0.493 e. The summed E-state index contributed by atoms with van der Waals surface area (Å²) in [5, 5.41) is 2.82. The molecule has 2 aromatic carbocycles. The van der Waals surface area contributed by atoms with Crippen molar-refractivity contribution in [3.8, 4) is 11.5 Å². The van der Waals surface area contributed by atoms with Crippen LogP contribution >= 0.6 is 15.9 Å². The van der Waals surface area contributed by atoms with E-state index in [1.165, 1.54) is 7.11 Å². The Bertz CT molecular complexity index is 949. The second kappa shape index (κ2) is 9.29. The van der Waals surface area contributed by atoms with Gasteiger partial charge < -0.3 is 14.8 Å². The lowest BCUT2D eigenvalue weighted by molar-refractivity contribution is -0.120. The first-order valence-corrected chi connectivity index (χ1v) is 11.0. The van der Waals surface area contributed by atoms with Crippen molar-refractivity contribution in [1.29, 1.82) is 0 Å². The zero-order valence-corrected chi connectivity index (χ0v) is 18.5. The number of benzene rings is 2. The third-order valence-corrected chi connectivity index (χ3v) is 5.70. The fourth-order valence-electron chi connectivity index (χ4n) is 2.65. The Morgan fingerprint density at radius 3 is 2.39 bits per heavy atom. The number of nitrogens with zero attached hydrogens (tertiary/aromatic N) is 1. The van der Waals surface area contributed by atoms with E-state index in [1.54, 1.807) is 43.5 Å². The third-order valence-electron chi connectivity index (χ3n) is 4.07. The molecule has 0 fully saturated rings. The van der Waals surface area contributed by atoms with Crippen molar-refractivity contribution in [2.24, 2.45) is 0 Å². The number of carbonyl (C=O) groups excluding carboxylic acids is 1. The minimum atomic E-state index is -3.63. The molecule has 28 heavy (non-hydrogen) atoms. The van der Waals surface area contributed by atoms with Gasteiger partial charge in [-0.1, -0.05) is 28.1 Å². The molecule has 0 radical (unpaired) electrons. The predicted octanol–water partition coefficient (Wildman–Crippen LogP) is 3.11. The van der Waals surface area contributed by atoms with Gasteiger partial charge in [0.15, 0.2) is 11.5 Å². The molecule has 0 aromatic heterocycles. The number of rotatable bonds is 8. The Morgan fingerprint density at radius 2 is 1.82 bits per heavy atom. The van der Waals surface area contributed by atoms with Gasteiger partial charge in [-0.15, -0.1) is 0 Å². The van der Waals surface area contributed by atoms with E-state index in [9.17, 15) is 13.2 Å². The summed E-state index contributed by atoms with van der Waals surface area (Å²) in [5.74, 6) is 0.711. The molecule has 1 N–H and O–H groups in total. The van der Waals surface area contributed by atoms with E-state index in [0.29, 0.717) is 17.2 Å². The highest BCUT2D eigenvalue weighted by Crippen LogP contribution is 2.30. The maximum Gasteiger partial charge on any atom is 0.241 e. The number of sulfonamides is 1. The number of hydrogen-bond donors (Lipinski definition) is 1. The van der Waals surface area contributed by atoms with Crippen molar-refractivity contribution in [3.05, 3.63) is 52.5 Å². The number of ether oxygens (including phenoxy) is 2. The highest BCUT2D eigenvalue weighted by Gasteiger charge is 2.22. The van der Waals surface area contributed by atoms with Gasteiger partial charge in [-0.3, -0.25) is 9.10 Å². The quantitative estimate of drug-likeness (QED) is 0.640. The van der Waals surface area contributed by atoms with E-state index in [1.807, 2.05) is 13.0 Å². The molecule has 0 heterocycles. The van der Waals surface area contributed by atoms with E-state index < -0.39 is 15.9 Å². The molecule has 0 aliphatic carbocycles. The summed E-state index contributed by atoms with van der Waals surface area (Å²) in [4.78, 5) is 12.5. The van der Waals surface area contributed by atoms with Crippen LogP contribution in [-0.2, 0) is 14.8 Å². The van der Waals surface area contributed by atoms with Gasteiger partial charge in [-0.2, -0.15) is 0 Å². The molecule has 7 nitrogen and oxygen atoms in total. The number of anilines is 1. The maximum atomic E-state index is 12.5. The van der Waals surface area contributed by atoms with Crippen LogP contribution in [0.5, 0.6) is 11.5 Å². The molecule has 2 rings (SSSR count). The molecule has 0 spiro atoms. The second-order valence-electron chi connectivity index (χ2n) is 6.15. The standard InChI is InChI=1S/C19H23BrN2O5S/c1-13(14-8-9-17(26-2)18(10-14)27-3)21-19(23)12-22(28(4,24)25)16-7-5-6-15(20)11-16/h5-11,13H,12H2,1-4H3,(H,21,23). The lowest BCUT2D eigenvalue weighted by Crippen LogP contribution is -2.41. The summed E-state index contributed by atoms with van der Waals surface area (Å²) in [5.41, 5.74) is 1.21. The summed E-state index contributed by atoms with van der Waals surface area (Å²) in [6.45, 7) is 1.48. The lowest BCUT2D eigenvalue weighted by Gasteiger charge is -2.23. The van der Waals surface area contributed by atoms with Crippen LogP contribution in [0.2, 0.25) is 0 Å². The van der Waals surface area contributed by atoms with Crippen molar-refractivity contribution in [1.82, 2.24) is 5.32 Å². The first-order valence-electron chi connectivity index (χ1n) is 8.40. The van der Waals surface area contributed by atoms with Crippen molar-refractivity contribution < 1.29 is 22.7 Å². The van der Waals surface area contributed by atoms with Crippen LogP contribution in [0, 0.1) is 0 Å². The van der Waals surface area contributed by atoms with E-state index in [-0.39, 0.29) is 12.6 Å². The van der Waals surface area contributed by atoms with Gasteiger partial charge in [0, 0.05) is 4.47 Å². The second-order valence-corrected chi connectivity index (χ2v) is 8.98. The molecule has 1 amide bonds. The molecular weight excluding hydrogens is 448 g/mol. The van der Waals surface area contributed by atoms with Gasteiger partial charge >= 0.3 is 0 Å². The first-order chi connectivity index (χ1) is 13.2. The van der Waals surface area contributed by atoms with Gasteiger partial charge in [0.05, 0.1) is 32.2 Å². The van der Waals surface area contributed by atoms with Gasteiger partial charge in [0.25, 0.3) is 0 Å². The number of methoxy groups -OCH3 is 2. The van der Waals surface area contributed by atoms with Crippen molar-refractivity contribution in [2.75, 3.05) is 31.3 Å². The van der Waals surface area contributed by atoms with Crippen molar-refractivity contribution in [2.45, 2.75) is 13.0 Å². The monoisotopic (exact) mass is 470 g/mol. The first kappa shape index (κ1) is 22.0. The fourth-order valence-corrected chi connectivity index (χ4v) is 3.89. The van der Waals surface area contributed by atoms with Crippen LogP contribution in [0.1, 0.15) is 18.5 Å². The molecule has 0 aliphatic heterocycles. The van der Waals surface area contributed by atoms with E-state index >= 15 is 0 Å². The lowest BCUT2D eigenvalue weighted by atomic mass is 10.1. The number of halogens is 1. The molecule has 9 heteroatoms. The summed E-state index contributed by atoms with van der Waals surface area (Å²) >= 11 is 3.32. The Labute approximate surface area is 173 Å². The highest BCUT2D eigenvalue weighted by atomic mass is 79.9. The minimum Gasteiger partial charge on any atom is -0.493 e. The Hall–Kier alpha value is -2.26. The Kier molecular flexibility index (Phi) is 7.31. The van der Waals surface area contributed by atoms with Crippen molar-refractivity contribution >= 4 is 37.5 Å². The van der Waals surface area contributed by atoms with E-state index in [4.69, 9.17) is 9.47 Å². The van der Waals surface area contributed by atoms with E-state index in [0.717, 1.165) is 20.6 Å². The average molecular weight is 471 g/mol. The number of amides is 1. The molecule has 2 aromatic rings. The molecule has 0 saturated carbocycles. The van der Waals surface area contributed by atoms with Gasteiger partial charge in [0.2, 0.25) is 15.9 Å². The molecule has 1 unspecified atom stereocenters. The van der Waals surface area contributed by atoms with Crippen LogP contribution < -0.4 is 19.1 Å². The molecule has 152 valence electrons.